The smallest absolute Gasteiger partial charge is 0.399 e. The number of hydrogen-bond donors (Lipinski definition) is 0. The molecule has 5 nitrogen and oxygen atoms in total. The summed E-state index contributed by atoms with van der Waals surface area (Å²) >= 11 is 0. The molecule has 0 aromatic carbocycles. The molecule has 0 bridgehead atoms. The van der Waals surface area contributed by atoms with E-state index in [2.05, 4.69) is 5.10 Å². The fourth-order valence-corrected chi connectivity index (χ4v) is 2.69. The lowest BCUT2D eigenvalue weighted by Gasteiger charge is -2.32. The van der Waals surface area contributed by atoms with Gasteiger partial charge in [-0.3, -0.25) is 4.68 Å². The van der Waals surface area contributed by atoms with Crippen molar-refractivity contribution in [2.75, 3.05) is 13.2 Å². The zero-order chi connectivity index (χ0) is 17.0. The first-order chi connectivity index (χ1) is 10.5. The Bertz CT molecular complexity index is 579. The molecule has 3 rings (SSSR count). The van der Waals surface area contributed by atoms with E-state index in [1.807, 2.05) is 0 Å². The van der Waals surface area contributed by atoms with Crippen molar-refractivity contribution < 1.29 is 27.2 Å². The lowest BCUT2D eigenvalue weighted by molar-refractivity contribution is -0.140. The summed E-state index contributed by atoms with van der Waals surface area (Å²) in [6.45, 7) is 8.09. The normalized spacial score (nSPS) is 26.9. The summed E-state index contributed by atoms with van der Waals surface area (Å²) in [5.41, 5.74) is -2.45. The Morgan fingerprint density at radius 3 is 2.30 bits per heavy atom. The molecule has 0 aliphatic carbocycles. The SMILES string of the molecule is CC1(C)OB(c2cn(C3CCOC3)nc2C(F)(F)F)OC1(C)C. The molecule has 0 N–H and O–H groups in total. The van der Waals surface area contributed by atoms with Crippen LogP contribution >= 0.6 is 0 Å². The van der Waals surface area contributed by atoms with Gasteiger partial charge in [0, 0.05) is 18.3 Å². The van der Waals surface area contributed by atoms with E-state index >= 15 is 0 Å². The van der Waals surface area contributed by atoms with Crippen molar-refractivity contribution in [1.82, 2.24) is 9.78 Å². The summed E-state index contributed by atoms with van der Waals surface area (Å²) in [7, 11) is -1.09. The molecular weight excluding hydrogens is 312 g/mol. The highest BCUT2D eigenvalue weighted by Crippen LogP contribution is 2.38. The average Bonchev–Trinajstić information content (AvgIpc) is 3.08. The molecule has 2 saturated heterocycles. The number of ether oxygens (including phenoxy) is 1. The highest BCUT2D eigenvalue weighted by Gasteiger charge is 2.55. The van der Waals surface area contributed by atoms with Gasteiger partial charge < -0.3 is 14.0 Å². The van der Waals surface area contributed by atoms with Crippen molar-refractivity contribution in [2.45, 2.75) is 57.5 Å². The van der Waals surface area contributed by atoms with Gasteiger partial charge >= 0.3 is 13.3 Å². The summed E-state index contributed by atoms with van der Waals surface area (Å²) < 4.78 is 58.2. The van der Waals surface area contributed by atoms with Crippen molar-refractivity contribution >= 4 is 12.6 Å². The molecule has 0 spiro atoms. The van der Waals surface area contributed by atoms with E-state index in [-0.39, 0.29) is 11.5 Å². The number of aromatic nitrogens is 2. The Kier molecular flexibility index (Phi) is 3.81. The van der Waals surface area contributed by atoms with Crippen molar-refractivity contribution in [3.63, 3.8) is 0 Å². The van der Waals surface area contributed by atoms with Crippen molar-refractivity contribution in [1.29, 1.82) is 0 Å². The Labute approximate surface area is 133 Å². The third-order valence-electron chi connectivity index (χ3n) is 4.82. The first kappa shape index (κ1) is 16.8. The Balaban J connectivity index is 1.98. The van der Waals surface area contributed by atoms with Gasteiger partial charge in [0.1, 0.15) is 0 Å². The average molecular weight is 332 g/mol. The second-order valence-corrected chi connectivity index (χ2v) is 7.02. The fraction of sp³-hybridized carbons (Fsp3) is 0.786. The van der Waals surface area contributed by atoms with Crippen LogP contribution in [0.4, 0.5) is 13.2 Å². The van der Waals surface area contributed by atoms with Gasteiger partial charge in [-0.25, -0.2) is 0 Å². The van der Waals surface area contributed by atoms with E-state index in [0.717, 1.165) is 0 Å². The van der Waals surface area contributed by atoms with Gasteiger partial charge in [-0.05, 0) is 34.1 Å². The van der Waals surface area contributed by atoms with Gasteiger partial charge in [0.2, 0.25) is 0 Å². The number of nitrogens with zero attached hydrogens (tertiary/aromatic N) is 2. The fourth-order valence-electron chi connectivity index (χ4n) is 2.69. The largest absolute Gasteiger partial charge is 0.498 e. The molecule has 2 aliphatic heterocycles. The minimum absolute atomic E-state index is 0.0805. The van der Waals surface area contributed by atoms with Crippen LogP contribution in [-0.4, -0.2) is 41.3 Å². The molecule has 128 valence electrons. The van der Waals surface area contributed by atoms with Gasteiger partial charge in [0.05, 0.1) is 23.9 Å². The van der Waals surface area contributed by atoms with E-state index in [1.54, 1.807) is 27.7 Å². The van der Waals surface area contributed by atoms with Gasteiger partial charge in [-0.15, -0.1) is 0 Å². The minimum Gasteiger partial charge on any atom is -0.399 e. The molecular formula is C14H20BF3N2O3. The standard InChI is InChI=1S/C14H20BF3N2O3/c1-12(2)13(3,4)23-15(22-12)10-7-20(9-5-6-21-8-9)19-11(10)14(16,17)18/h7,9H,5-6,8H2,1-4H3. The number of hydrogen-bond acceptors (Lipinski definition) is 4. The molecule has 9 heteroatoms. The van der Waals surface area contributed by atoms with Crippen LogP contribution in [-0.2, 0) is 20.2 Å². The van der Waals surface area contributed by atoms with Crippen molar-refractivity contribution in [2.24, 2.45) is 0 Å². The van der Waals surface area contributed by atoms with Gasteiger partial charge in [0.25, 0.3) is 0 Å². The molecule has 23 heavy (non-hydrogen) atoms. The summed E-state index contributed by atoms with van der Waals surface area (Å²) in [4.78, 5) is 0. The number of alkyl halides is 3. The highest BCUT2D eigenvalue weighted by atomic mass is 19.4. The lowest BCUT2D eigenvalue weighted by atomic mass is 9.79. The first-order valence-electron chi connectivity index (χ1n) is 7.61. The molecule has 0 amide bonds. The van der Waals surface area contributed by atoms with E-state index < -0.39 is 30.2 Å². The van der Waals surface area contributed by atoms with Crippen LogP contribution in [0.5, 0.6) is 0 Å². The van der Waals surface area contributed by atoms with E-state index in [0.29, 0.717) is 19.6 Å². The van der Waals surface area contributed by atoms with Crippen LogP contribution < -0.4 is 5.46 Å². The van der Waals surface area contributed by atoms with Crippen molar-refractivity contribution in [3.05, 3.63) is 11.9 Å². The Morgan fingerprint density at radius 2 is 1.83 bits per heavy atom. The predicted octanol–water partition coefficient (Wildman–Crippen LogP) is 2.16. The molecule has 2 fully saturated rings. The summed E-state index contributed by atoms with van der Waals surface area (Å²) in [5.74, 6) is 0. The summed E-state index contributed by atoms with van der Waals surface area (Å²) in [6, 6.07) is -0.188. The first-order valence-corrected chi connectivity index (χ1v) is 7.61. The molecule has 1 atom stereocenters. The van der Waals surface area contributed by atoms with E-state index in [9.17, 15) is 13.2 Å². The maximum atomic E-state index is 13.4. The number of halogens is 3. The summed E-state index contributed by atoms with van der Waals surface area (Å²) in [5, 5.41) is 3.76. The van der Waals surface area contributed by atoms with Crippen LogP contribution in [0.2, 0.25) is 0 Å². The van der Waals surface area contributed by atoms with E-state index in [1.165, 1.54) is 10.9 Å². The predicted molar refractivity (Wildman–Crippen MR) is 77.4 cm³/mol. The second kappa shape index (κ2) is 5.22. The van der Waals surface area contributed by atoms with Crippen LogP contribution in [0, 0.1) is 0 Å². The lowest BCUT2D eigenvalue weighted by Crippen LogP contribution is -2.41. The molecule has 1 unspecified atom stereocenters. The van der Waals surface area contributed by atoms with Gasteiger partial charge in [-0.2, -0.15) is 18.3 Å². The van der Waals surface area contributed by atoms with Crippen LogP contribution in [0.15, 0.2) is 6.20 Å². The third-order valence-corrected chi connectivity index (χ3v) is 4.82. The third kappa shape index (κ3) is 2.90. The topological polar surface area (TPSA) is 45.5 Å². The Hall–Kier alpha value is -1.06. The maximum Gasteiger partial charge on any atom is 0.498 e. The van der Waals surface area contributed by atoms with Crippen LogP contribution in [0.1, 0.15) is 45.9 Å². The number of rotatable bonds is 2. The minimum atomic E-state index is -4.57. The molecule has 1 aromatic rings. The maximum absolute atomic E-state index is 13.4. The van der Waals surface area contributed by atoms with Crippen LogP contribution in [0.25, 0.3) is 0 Å². The van der Waals surface area contributed by atoms with Gasteiger partial charge in [-0.1, -0.05) is 0 Å². The molecule has 1 aromatic heterocycles. The molecule has 3 heterocycles. The van der Waals surface area contributed by atoms with Gasteiger partial charge in [0.15, 0.2) is 5.69 Å². The molecule has 0 saturated carbocycles. The second-order valence-electron chi connectivity index (χ2n) is 7.02. The Morgan fingerprint density at radius 1 is 1.22 bits per heavy atom. The molecule has 2 aliphatic rings. The summed E-state index contributed by atoms with van der Waals surface area (Å²) in [6.07, 6.45) is -2.55. The van der Waals surface area contributed by atoms with Crippen LogP contribution in [0.3, 0.4) is 0 Å². The molecule has 0 radical (unpaired) electrons. The zero-order valence-electron chi connectivity index (χ0n) is 13.6. The highest BCUT2D eigenvalue weighted by molar-refractivity contribution is 6.62. The monoisotopic (exact) mass is 332 g/mol. The van der Waals surface area contributed by atoms with E-state index in [4.69, 9.17) is 14.0 Å². The zero-order valence-corrected chi connectivity index (χ0v) is 13.6. The van der Waals surface area contributed by atoms with Crippen molar-refractivity contribution in [3.8, 4) is 0 Å². The quantitative estimate of drug-likeness (QED) is 0.779.